The molecule has 0 bridgehead atoms. The lowest BCUT2D eigenvalue weighted by molar-refractivity contribution is 0.584. The molecule has 0 aliphatic carbocycles. The zero-order chi connectivity index (χ0) is 14.3. The third kappa shape index (κ3) is 2.53. The normalized spacial score (nSPS) is 11.0. The Bertz CT molecular complexity index is 778. The molecule has 0 unspecified atom stereocenters. The molecule has 0 spiro atoms. The first kappa shape index (κ1) is 13.5. The van der Waals surface area contributed by atoms with Gasteiger partial charge in [0.05, 0.1) is 15.9 Å². The average molecular weight is 355 g/mol. The van der Waals surface area contributed by atoms with Crippen LogP contribution in [0.5, 0.6) is 0 Å². The molecule has 1 N–H and O–H groups in total. The summed E-state index contributed by atoms with van der Waals surface area (Å²) >= 11 is 4.57. The molecule has 1 heterocycles. The highest BCUT2D eigenvalue weighted by Crippen LogP contribution is 2.33. The maximum absolute atomic E-state index is 13.8. The van der Waals surface area contributed by atoms with Crippen LogP contribution in [0.25, 0.3) is 10.2 Å². The first-order valence-electron chi connectivity index (χ1n) is 5.82. The highest BCUT2D eigenvalue weighted by molar-refractivity contribution is 9.10. The number of nitrogens with zero attached hydrogens (tertiary/aromatic N) is 1. The van der Waals surface area contributed by atoms with Gasteiger partial charge in [0.1, 0.15) is 5.82 Å². The Morgan fingerprint density at radius 3 is 2.75 bits per heavy atom. The summed E-state index contributed by atoms with van der Waals surface area (Å²) in [6.07, 6.45) is 0. The van der Waals surface area contributed by atoms with E-state index in [4.69, 9.17) is 0 Å². The third-order valence-electron chi connectivity index (χ3n) is 2.78. The van der Waals surface area contributed by atoms with Crippen LogP contribution in [0, 0.1) is 18.6 Å². The van der Waals surface area contributed by atoms with E-state index in [-0.39, 0.29) is 5.69 Å². The van der Waals surface area contributed by atoms with Gasteiger partial charge in [-0.3, -0.25) is 0 Å². The lowest BCUT2D eigenvalue weighted by Crippen LogP contribution is -1.95. The molecule has 3 rings (SSSR count). The van der Waals surface area contributed by atoms with Gasteiger partial charge in [-0.05, 0) is 46.6 Å². The van der Waals surface area contributed by atoms with Crippen molar-refractivity contribution in [3.05, 3.63) is 52.0 Å². The van der Waals surface area contributed by atoms with Crippen LogP contribution in [0.15, 0.2) is 34.8 Å². The van der Waals surface area contributed by atoms with Crippen LogP contribution in [0.1, 0.15) is 5.56 Å². The molecular formula is C14H9BrF2N2S. The van der Waals surface area contributed by atoms with Gasteiger partial charge in [-0.1, -0.05) is 17.4 Å². The number of aromatic nitrogens is 1. The van der Waals surface area contributed by atoms with Crippen LogP contribution < -0.4 is 5.32 Å². The van der Waals surface area contributed by atoms with E-state index in [1.54, 1.807) is 0 Å². The first-order valence-corrected chi connectivity index (χ1v) is 7.42. The summed E-state index contributed by atoms with van der Waals surface area (Å²) in [6.45, 7) is 2.00. The van der Waals surface area contributed by atoms with Gasteiger partial charge in [-0.25, -0.2) is 13.8 Å². The molecule has 6 heteroatoms. The second kappa shape index (κ2) is 5.10. The Morgan fingerprint density at radius 1 is 1.20 bits per heavy atom. The third-order valence-corrected chi connectivity index (χ3v) is 4.34. The van der Waals surface area contributed by atoms with Gasteiger partial charge in [0.25, 0.3) is 0 Å². The molecule has 3 aromatic rings. The standard InChI is InChI=1S/C14H9BrF2N2S/c1-7-2-3-11-12(4-7)20-14(18-11)19-13-9(15)5-8(16)6-10(13)17/h2-6H,1H3,(H,18,19). The highest BCUT2D eigenvalue weighted by atomic mass is 79.9. The summed E-state index contributed by atoms with van der Waals surface area (Å²) in [5.41, 5.74) is 2.17. The quantitative estimate of drug-likeness (QED) is 0.667. The zero-order valence-corrected chi connectivity index (χ0v) is 12.8. The van der Waals surface area contributed by atoms with E-state index < -0.39 is 11.6 Å². The molecule has 0 aliphatic heterocycles. The Kier molecular flexibility index (Phi) is 3.43. The van der Waals surface area contributed by atoms with Crippen LogP contribution in [-0.2, 0) is 0 Å². The number of aryl methyl sites for hydroxylation is 1. The van der Waals surface area contributed by atoms with Crippen LogP contribution in [0.3, 0.4) is 0 Å². The predicted octanol–water partition coefficient (Wildman–Crippen LogP) is 5.39. The Labute approximate surface area is 126 Å². The Balaban J connectivity index is 2.01. The number of benzene rings is 2. The maximum Gasteiger partial charge on any atom is 0.188 e. The second-order valence-corrected chi connectivity index (χ2v) is 6.24. The van der Waals surface area contributed by atoms with Crippen molar-refractivity contribution in [2.75, 3.05) is 5.32 Å². The van der Waals surface area contributed by atoms with Crippen LogP contribution in [-0.4, -0.2) is 4.98 Å². The topological polar surface area (TPSA) is 24.9 Å². The van der Waals surface area contributed by atoms with Crippen molar-refractivity contribution < 1.29 is 8.78 Å². The molecule has 1 aromatic heterocycles. The summed E-state index contributed by atoms with van der Waals surface area (Å²) in [5, 5.41) is 3.46. The fraction of sp³-hybridized carbons (Fsp3) is 0.0714. The summed E-state index contributed by atoms with van der Waals surface area (Å²) in [4.78, 5) is 4.38. The molecule has 2 nitrogen and oxygen atoms in total. The maximum atomic E-state index is 13.8. The van der Waals surface area contributed by atoms with E-state index in [0.29, 0.717) is 9.60 Å². The summed E-state index contributed by atoms with van der Waals surface area (Å²) in [5.74, 6) is -1.29. The van der Waals surface area contributed by atoms with Gasteiger partial charge < -0.3 is 5.32 Å². The minimum absolute atomic E-state index is 0.183. The smallest absolute Gasteiger partial charge is 0.188 e. The fourth-order valence-corrected chi connectivity index (χ4v) is 3.33. The number of nitrogens with one attached hydrogen (secondary N) is 1. The second-order valence-electron chi connectivity index (χ2n) is 4.36. The number of hydrogen-bond acceptors (Lipinski definition) is 3. The van der Waals surface area contributed by atoms with E-state index in [1.807, 2.05) is 25.1 Å². The van der Waals surface area contributed by atoms with Crippen molar-refractivity contribution in [2.24, 2.45) is 0 Å². The monoisotopic (exact) mass is 354 g/mol. The summed E-state index contributed by atoms with van der Waals surface area (Å²) in [7, 11) is 0. The van der Waals surface area contributed by atoms with Gasteiger partial charge in [0, 0.05) is 10.5 Å². The van der Waals surface area contributed by atoms with Crippen molar-refractivity contribution in [1.82, 2.24) is 4.98 Å². The van der Waals surface area contributed by atoms with E-state index >= 15 is 0 Å². The number of rotatable bonds is 2. The van der Waals surface area contributed by atoms with Crippen molar-refractivity contribution in [3.63, 3.8) is 0 Å². The van der Waals surface area contributed by atoms with E-state index in [0.717, 1.165) is 21.8 Å². The summed E-state index contributed by atoms with van der Waals surface area (Å²) in [6, 6.07) is 7.96. The highest BCUT2D eigenvalue weighted by Gasteiger charge is 2.12. The summed E-state index contributed by atoms with van der Waals surface area (Å²) < 4.78 is 28.2. The van der Waals surface area contributed by atoms with Gasteiger partial charge >= 0.3 is 0 Å². The molecule has 0 saturated heterocycles. The molecule has 102 valence electrons. The van der Waals surface area contributed by atoms with Crippen molar-refractivity contribution in [1.29, 1.82) is 0 Å². The van der Waals surface area contributed by atoms with Gasteiger partial charge in [-0.2, -0.15) is 0 Å². The fourth-order valence-electron chi connectivity index (χ4n) is 1.85. The van der Waals surface area contributed by atoms with Crippen LogP contribution in [0.4, 0.5) is 19.6 Å². The van der Waals surface area contributed by atoms with E-state index in [2.05, 4.69) is 26.2 Å². The van der Waals surface area contributed by atoms with Gasteiger partial charge in [0.15, 0.2) is 10.9 Å². The van der Waals surface area contributed by atoms with E-state index in [9.17, 15) is 8.78 Å². The van der Waals surface area contributed by atoms with Crippen molar-refractivity contribution in [2.45, 2.75) is 6.92 Å². The molecule has 2 aromatic carbocycles. The number of hydrogen-bond donors (Lipinski definition) is 1. The predicted molar refractivity (Wildman–Crippen MR) is 81.7 cm³/mol. The number of fused-ring (bicyclic) bond motifs is 1. The molecule has 0 aliphatic rings. The minimum Gasteiger partial charge on any atom is -0.328 e. The number of thiazole rings is 1. The SMILES string of the molecule is Cc1ccc2nc(Nc3c(F)cc(F)cc3Br)sc2c1. The van der Waals surface area contributed by atoms with E-state index in [1.165, 1.54) is 17.4 Å². The Hall–Kier alpha value is -1.53. The van der Waals surface area contributed by atoms with Gasteiger partial charge in [0.2, 0.25) is 0 Å². The van der Waals surface area contributed by atoms with Crippen LogP contribution in [0.2, 0.25) is 0 Å². The first-order chi connectivity index (χ1) is 9.52. The molecule has 0 atom stereocenters. The average Bonchev–Trinajstić information content (AvgIpc) is 2.75. The molecule has 0 radical (unpaired) electrons. The lowest BCUT2D eigenvalue weighted by atomic mass is 10.2. The molecular weight excluding hydrogens is 346 g/mol. The lowest BCUT2D eigenvalue weighted by Gasteiger charge is -2.06. The molecule has 0 fully saturated rings. The number of anilines is 2. The van der Waals surface area contributed by atoms with Crippen molar-refractivity contribution in [3.8, 4) is 0 Å². The minimum atomic E-state index is -0.660. The van der Waals surface area contributed by atoms with Crippen molar-refractivity contribution >= 4 is 48.3 Å². The molecule has 20 heavy (non-hydrogen) atoms. The molecule has 0 amide bonds. The molecule has 0 saturated carbocycles. The largest absolute Gasteiger partial charge is 0.328 e. The number of halogens is 3. The van der Waals surface area contributed by atoms with Crippen LogP contribution >= 0.6 is 27.3 Å². The Morgan fingerprint density at radius 2 is 2.00 bits per heavy atom. The van der Waals surface area contributed by atoms with Gasteiger partial charge in [-0.15, -0.1) is 0 Å². The zero-order valence-electron chi connectivity index (χ0n) is 10.4.